The number of hydrogen-bond donors (Lipinski definition) is 1. The summed E-state index contributed by atoms with van der Waals surface area (Å²) in [6.07, 6.45) is -4.92. The number of thiazole rings is 2. The van der Waals surface area contributed by atoms with Gasteiger partial charge in [0.25, 0.3) is 0 Å². The fourth-order valence-electron chi connectivity index (χ4n) is 2.53. The number of aromatic carboxylic acids is 1. The Morgan fingerprint density at radius 2 is 2.24 bits per heavy atom. The Kier molecular flexibility index (Phi) is 5.09. The molecule has 0 spiro atoms. The van der Waals surface area contributed by atoms with Gasteiger partial charge in [0.05, 0.1) is 16.5 Å². The molecule has 1 unspecified atom stereocenters. The Bertz CT molecular complexity index is 775. The number of alkyl halides is 3. The van der Waals surface area contributed by atoms with E-state index in [4.69, 9.17) is 9.84 Å². The molecule has 0 saturated carbocycles. The van der Waals surface area contributed by atoms with Crippen LogP contribution >= 0.6 is 22.7 Å². The first kappa shape index (κ1) is 18.2. The smallest absolute Gasteiger partial charge is 0.434 e. The van der Waals surface area contributed by atoms with Gasteiger partial charge in [-0.15, -0.1) is 22.7 Å². The number of carbonyl (C=O) groups is 1. The lowest BCUT2D eigenvalue weighted by Crippen LogP contribution is -2.38. The lowest BCUT2D eigenvalue weighted by Gasteiger charge is -2.31. The van der Waals surface area contributed by atoms with Crippen molar-refractivity contribution in [2.45, 2.75) is 25.7 Å². The van der Waals surface area contributed by atoms with E-state index in [9.17, 15) is 18.0 Å². The van der Waals surface area contributed by atoms with Gasteiger partial charge in [-0.3, -0.25) is 4.90 Å². The van der Waals surface area contributed by atoms with Crippen molar-refractivity contribution in [2.24, 2.45) is 0 Å². The maximum atomic E-state index is 13.1. The number of carboxylic acid groups (broad SMARTS) is 1. The average Bonchev–Trinajstić information content (AvgIpc) is 3.14. The number of halogens is 3. The number of hydrogen-bond acceptors (Lipinski definition) is 7. The summed E-state index contributed by atoms with van der Waals surface area (Å²) in [4.78, 5) is 20.6. The normalized spacial score (nSPS) is 19.3. The van der Waals surface area contributed by atoms with E-state index in [1.54, 1.807) is 6.92 Å². The van der Waals surface area contributed by atoms with Crippen LogP contribution in [0.4, 0.5) is 13.2 Å². The summed E-state index contributed by atoms with van der Waals surface area (Å²) < 4.78 is 44.8. The number of rotatable bonds is 4. The van der Waals surface area contributed by atoms with E-state index >= 15 is 0 Å². The van der Waals surface area contributed by atoms with Crippen LogP contribution < -0.4 is 0 Å². The van der Waals surface area contributed by atoms with Crippen LogP contribution in [0.25, 0.3) is 0 Å². The molecule has 0 radical (unpaired) electrons. The molecule has 1 atom stereocenters. The second-order valence-corrected chi connectivity index (χ2v) is 7.65. The lowest BCUT2D eigenvalue weighted by atomic mass is 10.2. The predicted octanol–water partition coefficient (Wildman–Crippen LogP) is 3.20. The van der Waals surface area contributed by atoms with Crippen LogP contribution in [0.2, 0.25) is 0 Å². The minimum atomic E-state index is -4.47. The highest BCUT2D eigenvalue weighted by Gasteiger charge is 2.38. The van der Waals surface area contributed by atoms with Gasteiger partial charge < -0.3 is 9.84 Å². The van der Waals surface area contributed by atoms with E-state index in [0.717, 1.165) is 11.3 Å². The third-order valence-electron chi connectivity index (χ3n) is 3.61. The average molecular weight is 393 g/mol. The van der Waals surface area contributed by atoms with Crippen molar-refractivity contribution < 1.29 is 27.8 Å². The van der Waals surface area contributed by atoms with Gasteiger partial charge in [0, 0.05) is 25.0 Å². The van der Waals surface area contributed by atoms with E-state index in [2.05, 4.69) is 9.97 Å². The Hall–Kier alpha value is -1.56. The lowest BCUT2D eigenvalue weighted by molar-refractivity contribution is -0.141. The zero-order valence-corrected chi connectivity index (χ0v) is 14.7. The van der Waals surface area contributed by atoms with E-state index in [1.165, 1.54) is 16.7 Å². The van der Waals surface area contributed by atoms with Gasteiger partial charge in [0.15, 0.2) is 11.4 Å². The van der Waals surface area contributed by atoms with Gasteiger partial charge >= 0.3 is 12.1 Å². The van der Waals surface area contributed by atoms with E-state index < -0.39 is 23.9 Å². The predicted molar refractivity (Wildman–Crippen MR) is 84.9 cm³/mol. The number of nitrogens with zero attached hydrogens (tertiary/aromatic N) is 3. The minimum absolute atomic E-state index is 0.0573. The molecule has 6 nitrogen and oxygen atoms in total. The quantitative estimate of drug-likeness (QED) is 0.860. The molecule has 25 heavy (non-hydrogen) atoms. The van der Waals surface area contributed by atoms with Crippen molar-refractivity contribution in [1.29, 1.82) is 0 Å². The first-order valence-corrected chi connectivity index (χ1v) is 9.00. The fraction of sp³-hybridized carbons (Fsp3) is 0.500. The van der Waals surface area contributed by atoms with Crippen molar-refractivity contribution >= 4 is 28.6 Å². The molecule has 0 amide bonds. The summed E-state index contributed by atoms with van der Waals surface area (Å²) in [6.45, 7) is 2.85. The minimum Gasteiger partial charge on any atom is -0.476 e. The van der Waals surface area contributed by atoms with Gasteiger partial charge in [-0.1, -0.05) is 0 Å². The summed E-state index contributed by atoms with van der Waals surface area (Å²) in [5, 5.41) is 11.2. The third kappa shape index (κ3) is 4.17. The molecule has 1 aliphatic rings. The fourth-order valence-corrected chi connectivity index (χ4v) is 4.36. The zero-order chi connectivity index (χ0) is 18.2. The molecule has 1 fully saturated rings. The summed E-state index contributed by atoms with van der Waals surface area (Å²) in [5.74, 6) is -1.12. The maximum absolute atomic E-state index is 13.1. The number of morpholine rings is 1. The molecule has 11 heteroatoms. The molecule has 1 N–H and O–H groups in total. The van der Waals surface area contributed by atoms with Crippen molar-refractivity contribution in [2.75, 3.05) is 19.7 Å². The van der Waals surface area contributed by atoms with Crippen molar-refractivity contribution in [3.63, 3.8) is 0 Å². The van der Waals surface area contributed by atoms with E-state index in [-0.39, 0.29) is 17.1 Å². The van der Waals surface area contributed by atoms with Gasteiger partial charge in [-0.25, -0.2) is 14.8 Å². The van der Waals surface area contributed by atoms with Gasteiger partial charge in [-0.05, 0) is 6.92 Å². The molecule has 0 aliphatic carbocycles. The van der Waals surface area contributed by atoms with Crippen molar-refractivity contribution in [3.05, 3.63) is 31.7 Å². The van der Waals surface area contributed by atoms with Gasteiger partial charge in [0.2, 0.25) is 0 Å². The highest BCUT2D eigenvalue weighted by atomic mass is 32.1. The second-order valence-electron chi connectivity index (χ2n) is 5.47. The summed E-state index contributed by atoms with van der Waals surface area (Å²) in [5.41, 5.74) is -0.890. The van der Waals surface area contributed by atoms with Crippen LogP contribution in [-0.2, 0) is 17.5 Å². The summed E-state index contributed by atoms with van der Waals surface area (Å²) >= 11 is 2.21. The monoisotopic (exact) mass is 393 g/mol. The summed E-state index contributed by atoms with van der Waals surface area (Å²) in [6, 6.07) is 0. The van der Waals surface area contributed by atoms with Crippen LogP contribution in [0.5, 0.6) is 0 Å². The molecule has 2 aromatic heterocycles. The molecule has 0 bridgehead atoms. The van der Waals surface area contributed by atoms with Gasteiger partial charge in [0.1, 0.15) is 11.1 Å². The van der Waals surface area contributed by atoms with Crippen LogP contribution in [-0.4, -0.2) is 45.6 Å². The van der Waals surface area contributed by atoms with Crippen LogP contribution in [0.3, 0.4) is 0 Å². The Balaban J connectivity index is 1.73. The number of ether oxygens (including phenoxy) is 1. The molecule has 2 aromatic rings. The number of aromatic nitrogens is 2. The standard InChI is InChI=1S/C14H14F3N3O3S2/c1-7-18-11(14(15,16)17)10(25-7)5-20-2-3-23-9(4-20)12-19-8(6-24-12)13(21)22/h6,9H,2-5H2,1H3,(H,21,22). The largest absolute Gasteiger partial charge is 0.476 e. The Morgan fingerprint density at radius 3 is 2.88 bits per heavy atom. The van der Waals surface area contributed by atoms with Crippen molar-refractivity contribution in [3.8, 4) is 0 Å². The van der Waals surface area contributed by atoms with E-state index in [0.29, 0.717) is 29.7 Å². The first-order valence-electron chi connectivity index (χ1n) is 7.30. The highest BCUT2D eigenvalue weighted by Crippen LogP contribution is 2.35. The van der Waals surface area contributed by atoms with Crippen LogP contribution in [0, 0.1) is 6.92 Å². The SMILES string of the molecule is Cc1nc(C(F)(F)F)c(CN2CCOC(c3nc(C(=O)O)cs3)C2)s1. The van der Waals surface area contributed by atoms with Crippen LogP contribution in [0.15, 0.2) is 5.38 Å². The highest BCUT2D eigenvalue weighted by molar-refractivity contribution is 7.11. The second kappa shape index (κ2) is 6.98. The Morgan fingerprint density at radius 1 is 1.48 bits per heavy atom. The molecular formula is C14H14F3N3O3S2. The number of carboxylic acids is 1. The van der Waals surface area contributed by atoms with Crippen LogP contribution in [0.1, 0.15) is 37.2 Å². The molecule has 0 aromatic carbocycles. The molecule has 136 valence electrons. The number of aryl methyl sites for hydroxylation is 1. The van der Waals surface area contributed by atoms with E-state index in [1.807, 2.05) is 4.90 Å². The first-order chi connectivity index (χ1) is 11.7. The molecule has 3 heterocycles. The summed E-state index contributed by atoms with van der Waals surface area (Å²) in [7, 11) is 0. The molecular weight excluding hydrogens is 379 g/mol. The van der Waals surface area contributed by atoms with Crippen molar-refractivity contribution in [1.82, 2.24) is 14.9 Å². The molecule has 1 aliphatic heterocycles. The third-order valence-corrected chi connectivity index (χ3v) is 5.50. The van der Waals surface area contributed by atoms with Gasteiger partial charge in [-0.2, -0.15) is 13.2 Å². The molecule has 1 saturated heterocycles. The topological polar surface area (TPSA) is 75.5 Å². The zero-order valence-electron chi connectivity index (χ0n) is 13.0. The Labute approximate surface area is 148 Å². The maximum Gasteiger partial charge on any atom is 0.434 e. The molecule has 3 rings (SSSR count).